The highest BCUT2D eigenvalue weighted by Gasteiger charge is 2.30. The normalized spacial score (nSPS) is 22.6. The van der Waals surface area contributed by atoms with Crippen LogP contribution in [0.5, 0.6) is 11.5 Å². The Morgan fingerprint density at radius 3 is 2.10 bits per heavy atom. The van der Waals surface area contributed by atoms with Gasteiger partial charge in [-0.1, -0.05) is 6.92 Å². The smallest absolute Gasteiger partial charge is 0.150 e. The maximum atomic E-state index is 13.3. The number of aliphatic hydroxyl groups is 1. The van der Waals surface area contributed by atoms with E-state index in [1.54, 1.807) is 18.2 Å². The molecular formula is C23H27F2NO3+. The molecule has 2 heterocycles. The van der Waals surface area contributed by atoms with Crippen LogP contribution in [-0.2, 0) is 12.8 Å². The molecule has 2 aliphatic rings. The van der Waals surface area contributed by atoms with Crippen molar-refractivity contribution >= 4 is 0 Å². The van der Waals surface area contributed by atoms with Crippen LogP contribution < -0.4 is 14.8 Å². The van der Waals surface area contributed by atoms with Crippen LogP contribution in [0.15, 0.2) is 36.4 Å². The minimum absolute atomic E-state index is 0.0605. The summed E-state index contributed by atoms with van der Waals surface area (Å²) in [6.07, 6.45) is 2.13. The van der Waals surface area contributed by atoms with E-state index in [1.165, 1.54) is 18.2 Å². The van der Waals surface area contributed by atoms with E-state index in [0.717, 1.165) is 29.7 Å². The first-order chi connectivity index (χ1) is 14.0. The topological polar surface area (TPSA) is 54.3 Å². The summed E-state index contributed by atoms with van der Waals surface area (Å²) in [5, 5.41) is 13.8. The molecule has 155 valence electrons. The number of aliphatic hydroxyl groups excluding tert-OH is 1. The number of nitrogens with one attached hydrogen (secondary N) is 1. The second-order valence-electron chi connectivity index (χ2n) is 8.10. The molecule has 4 nitrogen and oxygen atoms in total. The lowest BCUT2D eigenvalue weighted by atomic mass is 9.94. The van der Waals surface area contributed by atoms with Gasteiger partial charge in [0.2, 0.25) is 0 Å². The maximum Gasteiger partial charge on any atom is 0.150 e. The van der Waals surface area contributed by atoms with Crippen molar-refractivity contribution in [3.05, 3.63) is 59.2 Å². The van der Waals surface area contributed by atoms with Crippen LogP contribution >= 0.6 is 0 Å². The van der Waals surface area contributed by atoms with Crippen LogP contribution in [0, 0.1) is 17.6 Å². The average molecular weight is 403 g/mol. The highest BCUT2D eigenvalue weighted by molar-refractivity contribution is 5.36. The molecule has 2 N–H and O–H groups in total. The van der Waals surface area contributed by atoms with Gasteiger partial charge in [0.05, 0.1) is 0 Å². The fraction of sp³-hybridized carbons (Fsp3) is 0.478. The molecule has 0 bridgehead atoms. The summed E-state index contributed by atoms with van der Waals surface area (Å²) in [4.78, 5) is 0. The second kappa shape index (κ2) is 8.67. The molecule has 1 unspecified atom stereocenters. The Labute approximate surface area is 169 Å². The number of halogens is 2. The minimum atomic E-state index is -0.642. The predicted molar refractivity (Wildman–Crippen MR) is 104 cm³/mol. The highest BCUT2D eigenvalue weighted by atomic mass is 19.1. The van der Waals surface area contributed by atoms with Gasteiger partial charge in [0.1, 0.15) is 54.5 Å². The molecule has 1 radical (unpaired) electrons. The van der Waals surface area contributed by atoms with Crippen LogP contribution in [-0.4, -0.2) is 36.5 Å². The summed E-state index contributed by atoms with van der Waals surface area (Å²) < 4.78 is 38.5. The fourth-order valence-corrected chi connectivity index (χ4v) is 4.15. The van der Waals surface area contributed by atoms with Crippen molar-refractivity contribution in [3.63, 3.8) is 0 Å². The number of ether oxygens (including phenoxy) is 2. The number of fused-ring (bicyclic) bond motifs is 2. The van der Waals surface area contributed by atoms with Gasteiger partial charge in [0.15, 0.2) is 0 Å². The molecular weight excluding hydrogens is 376 g/mol. The lowest BCUT2D eigenvalue weighted by molar-refractivity contribution is -0.668. The molecule has 4 rings (SSSR count). The first-order valence-electron chi connectivity index (χ1n) is 10.3. The van der Waals surface area contributed by atoms with Crippen molar-refractivity contribution in [2.45, 2.75) is 50.9 Å². The summed E-state index contributed by atoms with van der Waals surface area (Å²) in [6.45, 7) is 3.23. The molecule has 0 amide bonds. The van der Waals surface area contributed by atoms with Crippen molar-refractivity contribution in [1.29, 1.82) is 0 Å². The quantitative estimate of drug-likeness (QED) is 0.779. The van der Waals surface area contributed by atoms with E-state index in [9.17, 15) is 13.9 Å². The van der Waals surface area contributed by atoms with Gasteiger partial charge < -0.3 is 14.6 Å². The number of aryl methyl sites for hydroxylation is 2. The average Bonchev–Trinajstić information content (AvgIpc) is 2.72. The minimum Gasteiger partial charge on any atom is -0.490 e. The summed E-state index contributed by atoms with van der Waals surface area (Å²) in [6, 6.07) is 9.17. The van der Waals surface area contributed by atoms with Crippen molar-refractivity contribution in [1.82, 2.24) is 0 Å². The van der Waals surface area contributed by atoms with Gasteiger partial charge in [-0.05, 0) is 73.2 Å². The zero-order valence-electron chi connectivity index (χ0n) is 16.5. The lowest BCUT2D eigenvalue weighted by Crippen LogP contribution is -2.88. The van der Waals surface area contributed by atoms with Crippen molar-refractivity contribution < 1.29 is 28.7 Å². The van der Waals surface area contributed by atoms with Crippen molar-refractivity contribution in [3.8, 4) is 11.5 Å². The Balaban J connectivity index is 1.24. The van der Waals surface area contributed by atoms with Crippen molar-refractivity contribution in [2.75, 3.05) is 13.1 Å². The summed E-state index contributed by atoms with van der Waals surface area (Å²) >= 11 is 0. The van der Waals surface area contributed by atoms with E-state index in [2.05, 4.69) is 12.2 Å². The van der Waals surface area contributed by atoms with Gasteiger partial charge in [0, 0.05) is 5.92 Å². The van der Waals surface area contributed by atoms with Gasteiger partial charge >= 0.3 is 0 Å². The fourth-order valence-electron chi connectivity index (χ4n) is 4.15. The molecule has 2 aliphatic heterocycles. The molecule has 0 saturated heterocycles. The van der Waals surface area contributed by atoms with E-state index in [-0.39, 0.29) is 29.8 Å². The van der Waals surface area contributed by atoms with Crippen LogP contribution in [0.4, 0.5) is 8.78 Å². The van der Waals surface area contributed by atoms with Gasteiger partial charge in [0.25, 0.3) is 0 Å². The number of benzene rings is 2. The zero-order chi connectivity index (χ0) is 20.4. The molecule has 0 aromatic heterocycles. The molecule has 4 atom stereocenters. The third-order valence-electron chi connectivity index (χ3n) is 5.88. The third-order valence-corrected chi connectivity index (χ3v) is 5.88. The lowest BCUT2D eigenvalue weighted by Gasteiger charge is -2.30. The third kappa shape index (κ3) is 4.70. The van der Waals surface area contributed by atoms with Crippen molar-refractivity contribution in [2.24, 2.45) is 5.92 Å². The SMILES string of the molecule is C[C@H](C[NH+]C[C@@H](O)[C@@H]1CCc2cc(F)ccc2O1)C1CCc2cc(F)ccc2O1. The van der Waals surface area contributed by atoms with Gasteiger partial charge in [-0.25, -0.2) is 8.78 Å². The van der Waals surface area contributed by atoms with Crippen LogP contribution in [0.1, 0.15) is 30.9 Å². The number of hydrogen-bond donors (Lipinski definition) is 2. The van der Waals surface area contributed by atoms with E-state index in [4.69, 9.17) is 9.47 Å². The Bertz CT molecular complexity index is 791. The van der Waals surface area contributed by atoms with Crippen LogP contribution in [0.2, 0.25) is 0 Å². The standard InChI is InChI=1S/C23H27F2NO3/c1-14(20-6-2-15-10-17(24)4-8-21(15)28-20)12-26-13-19(27)23-7-3-16-11-18(25)5-9-22(16)29-23/h4-5,8-11,14,19-20,23,26-27H,2-3,6-7,12-13H2,1H3/q+1/t14-,19-,20?,23+/m1/s1. The molecule has 0 aliphatic carbocycles. The molecule has 6 heteroatoms. The van der Waals surface area contributed by atoms with Crippen LogP contribution in [0.25, 0.3) is 0 Å². The van der Waals surface area contributed by atoms with E-state index >= 15 is 0 Å². The molecule has 2 aromatic rings. The van der Waals surface area contributed by atoms with Gasteiger partial charge in [-0.3, -0.25) is 0 Å². The number of rotatable bonds is 6. The Morgan fingerprint density at radius 2 is 1.48 bits per heavy atom. The Hall–Kier alpha value is -2.18. The Kier molecular flexibility index (Phi) is 6.01. The first kappa shape index (κ1) is 20.1. The monoisotopic (exact) mass is 403 g/mol. The zero-order valence-corrected chi connectivity index (χ0v) is 16.5. The summed E-state index contributed by atoms with van der Waals surface area (Å²) in [5.74, 6) is 1.17. The van der Waals surface area contributed by atoms with Gasteiger partial charge in [-0.15, -0.1) is 0 Å². The second-order valence-corrected chi connectivity index (χ2v) is 8.10. The largest absolute Gasteiger partial charge is 0.490 e. The van der Waals surface area contributed by atoms with E-state index < -0.39 is 6.10 Å². The first-order valence-corrected chi connectivity index (χ1v) is 10.3. The number of hydrogen-bond acceptors (Lipinski definition) is 4. The van der Waals surface area contributed by atoms with E-state index in [1.807, 2.05) is 0 Å². The van der Waals surface area contributed by atoms with Crippen LogP contribution in [0.3, 0.4) is 0 Å². The molecule has 29 heavy (non-hydrogen) atoms. The Morgan fingerprint density at radius 1 is 0.931 bits per heavy atom. The highest BCUT2D eigenvalue weighted by Crippen LogP contribution is 2.31. The predicted octanol–water partition coefficient (Wildman–Crippen LogP) is 2.40. The molecule has 2 aromatic carbocycles. The maximum absolute atomic E-state index is 13.3. The van der Waals surface area contributed by atoms with Gasteiger partial charge in [-0.2, -0.15) is 5.32 Å². The summed E-state index contributed by atoms with van der Waals surface area (Å²) in [7, 11) is 0. The molecule has 0 fully saturated rings. The van der Waals surface area contributed by atoms with E-state index in [0.29, 0.717) is 31.7 Å². The molecule has 0 spiro atoms. The molecule has 0 saturated carbocycles. The summed E-state index contributed by atoms with van der Waals surface area (Å²) in [5.41, 5.74) is 1.77.